The van der Waals surface area contributed by atoms with Gasteiger partial charge in [0.2, 0.25) is 5.88 Å². The number of aryl methyl sites for hydroxylation is 1. The van der Waals surface area contributed by atoms with Crippen LogP contribution >= 0.6 is 0 Å². The maximum absolute atomic E-state index is 6.05. The van der Waals surface area contributed by atoms with Crippen LogP contribution in [0.4, 0.5) is 0 Å². The fraction of sp³-hybridized carbons (Fsp3) is 0.500. The van der Waals surface area contributed by atoms with Gasteiger partial charge in [-0.25, -0.2) is 4.98 Å². The molecule has 5 nitrogen and oxygen atoms in total. The number of ether oxygens (including phenoxy) is 2. The van der Waals surface area contributed by atoms with Gasteiger partial charge in [0, 0.05) is 30.8 Å². The average Bonchev–Trinajstić information content (AvgIpc) is 3.17. The van der Waals surface area contributed by atoms with Crippen molar-refractivity contribution in [2.45, 2.75) is 38.8 Å². The van der Waals surface area contributed by atoms with Crippen LogP contribution < -0.4 is 4.74 Å². The number of rotatable bonds is 4. The lowest BCUT2D eigenvalue weighted by Gasteiger charge is -2.24. The summed E-state index contributed by atoms with van der Waals surface area (Å²) < 4.78 is 13.5. The van der Waals surface area contributed by atoms with Crippen molar-refractivity contribution in [1.82, 2.24) is 14.8 Å². The molecule has 5 heteroatoms. The summed E-state index contributed by atoms with van der Waals surface area (Å²) in [6.07, 6.45) is 7.55. The number of nitrogens with zero attached hydrogens (tertiary/aromatic N) is 3. The minimum Gasteiger partial charge on any atom is -0.481 e. The van der Waals surface area contributed by atoms with Crippen LogP contribution in [0.1, 0.15) is 42.2 Å². The number of hydrogen-bond donors (Lipinski definition) is 0. The van der Waals surface area contributed by atoms with E-state index in [0.29, 0.717) is 5.88 Å². The van der Waals surface area contributed by atoms with Crippen molar-refractivity contribution in [3.8, 4) is 5.88 Å². The SMILES string of the molecule is CCc1c(OC)ncc(C)c1[C@@H]1OCC[C@@H]1n1cccn1. The number of methoxy groups -OCH3 is 1. The minimum absolute atomic E-state index is 0.0109. The first kappa shape index (κ1) is 14.1. The molecule has 3 rings (SSSR count). The van der Waals surface area contributed by atoms with Crippen molar-refractivity contribution in [3.63, 3.8) is 0 Å². The topological polar surface area (TPSA) is 49.2 Å². The van der Waals surface area contributed by atoms with E-state index in [9.17, 15) is 0 Å². The van der Waals surface area contributed by atoms with E-state index in [0.717, 1.165) is 30.6 Å². The molecule has 0 saturated carbocycles. The van der Waals surface area contributed by atoms with Gasteiger partial charge in [-0.1, -0.05) is 6.92 Å². The summed E-state index contributed by atoms with van der Waals surface area (Å²) in [4.78, 5) is 4.39. The zero-order valence-corrected chi connectivity index (χ0v) is 12.7. The van der Waals surface area contributed by atoms with Gasteiger partial charge in [0.25, 0.3) is 0 Å². The van der Waals surface area contributed by atoms with E-state index in [4.69, 9.17) is 9.47 Å². The molecule has 0 aromatic carbocycles. The van der Waals surface area contributed by atoms with Gasteiger partial charge in [0.15, 0.2) is 0 Å². The van der Waals surface area contributed by atoms with Crippen LogP contribution in [0, 0.1) is 6.92 Å². The molecule has 1 fully saturated rings. The van der Waals surface area contributed by atoms with Crippen molar-refractivity contribution in [1.29, 1.82) is 0 Å². The molecule has 1 aliphatic heterocycles. The molecule has 0 spiro atoms. The second-order valence-electron chi connectivity index (χ2n) is 5.33. The van der Waals surface area contributed by atoms with Crippen LogP contribution in [-0.4, -0.2) is 28.5 Å². The van der Waals surface area contributed by atoms with Gasteiger partial charge in [-0.3, -0.25) is 4.68 Å². The third-order valence-corrected chi connectivity index (χ3v) is 4.14. The van der Waals surface area contributed by atoms with Crippen molar-refractivity contribution in [3.05, 3.63) is 41.3 Å². The highest BCUT2D eigenvalue weighted by atomic mass is 16.5. The zero-order chi connectivity index (χ0) is 14.8. The highest BCUT2D eigenvalue weighted by molar-refractivity contribution is 5.42. The Labute approximate surface area is 124 Å². The summed E-state index contributed by atoms with van der Waals surface area (Å²) in [5.41, 5.74) is 3.50. The van der Waals surface area contributed by atoms with Crippen molar-refractivity contribution in [2.24, 2.45) is 0 Å². The molecule has 2 aromatic rings. The second kappa shape index (κ2) is 5.85. The minimum atomic E-state index is 0.0109. The molecule has 0 radical (unpaired) electrons. The van der Waals surface area contributed by atoms with E-state index < -0.39 is 0 Å². The molecule has 2 aromatic heterocycles. The van der Waals surface area contributed by atoms with E-state index >= 15 is 0 Å². The molecule has 3 heterocycles. The fourth-order valence-corrected chi connectivity index (χ4v) is 3.17. The smallest absolute Gasteiger partial charge is 0.216 e. The third kappa shape index (κ3) is 2.42. The van der Waals surface area contributed by atoms with Gasteiger partial charge in [-0.15, -0.1) is 0 Å². The summed E-state index contributed by atoms with van der Waals surface area (Å²) in [6.45, 7) is 4.96. The van der Waals surface area contributed by atoms with Crippen LogP contribution in [0.25, 0.3) is 0 Å². The normalized spacial score (nSPS) is 21.7. The van der Waals surface area contributed by atoms with Crippen LogP contribution in [0.3, 0.4) is 0 Å². The van der Waals surface area contributed by atoms with Gasteiger partial charge in [-0.2, -0.15) is 5.10 Å². The molecule has 2 atom stereocenters. The quantitative estimate of drug-likeness (QED) is 0.867. The molecule has 1 aliphatic rings. The fourth-order valence-electron chi connectivity index (χ4n) is 3.17. The molecular formula is C16H21N3O2. The van der Waals surface area contributed by atoms with Gasteiger partial charge >= 0.3 is 0 Å². The Morgan fingerprint density at radius 1 is 1.48 bits per heavy atom. The molecular weight excluding hydrogens is 266 g/mol. The highest BCUT2D eigenvalue weighted by Crippen LogP contribution is 2.42. The van der Waals surface area contributed by atoms with E-state index in [2.05, 4.69) is 23.9 Å². The monoisotopic (exact) mass is 287 g/mol. The lowest BCUT2D eigenvalue weighted by molar-refractivity contribution is 0.0886. The van der Waals surface area contributed by atoms with Crippen molar-refractivity contribution < 1.29 is 9.47 Å². The lowest BCUT2D eigenvalue weighted by Crippen LogP contribution is -2.17. The van der Waals surface area contributed by atoms with Gasteiger partial charge in [0.05, 0.1) is 13.2 Å². The molecule has 0 amide bonds. The Hall–Kier alpha value is -1.88. The summed E-state index contributed by atoms with van der Waals surface area (Å²) in [7, 11) is 1.67. The Kier molecular flexibility index (Phi) is 3.92. The van der Waals surface area contributed by atoms with Crippen molar-refractivity contribution in [2.75, 3.05) is 13.7 Å². The largest absolute Gasteiger partial charge is 0.481 e. The molecule has 1 saturated heterocycles. The first-order valence-electron chi connectivity index (χ1n) is 7.39. The van der Waals surface area contributed by atoms with Gasteiger partial charge in [0.1, 0.15) is 6.10 Å². The van der Waals surface area contributed by atoms with E-state index in [1.54, 1.807) is 7.11 Å². The second-order valence-corrected chi connectivity index (χ2v) is 5.33. The van der Waals surface area contributed by atoms with E-state index in [1.165, 1.54) is 5.56 Å². The van der Waals surface area contributed by atoms with Crippen LogP contribution in [-0.2, 0) is 11.2 Å². The highest BCUT2D eigenvalue weighted by Gasteiger charge is 2.34. The lowest BCUT2D eigenvalue weighted by atomic mass is 9.93. The third-order valence-electron chi connectivity index (χ3n) is 4.14. The van der Waals surface area contributed by atoms with Gasteiger partial charge < -0.3 is 9.47 Å². The maximum Gasteiger partial charge on any atom is 0.216 e. The first-order chi connectivity index (χ1) is 10.3. The Morgan fingerprint density at radius 2 is 2.33 bits per heavy atom. The molecule has 0 bridgehead atoms. The summed E-state index contributed by atoms with van der Waals surface area (Å²) in [6, 6.07) is 2.19. The van der Waals surface area contributed by atoms with Crippen LogP contribution in [0.5, 0.6) is 5.88 Å². The molecule has 0 unspecified atom stereocenters. The van der Waals surface area contributed by atoms with Gasteiger partial charge in [-0.05, 0) is 37.0 Å². The number of aromatic nitrogens is 3. The molecule has 0 N–H and O–H groups in total. The van der Waals surface area contributed by atoms with Crippen LogP contribution in [0.15, 0.2) is 24.7 Å². The summed E-state index contributed by atoms with van der Waals surface area (Å²) >= 11 is 0. The standard InChI is InChI=1S/C16H21N3O2/c1-4-12-14(11(2)10-17-16(12)20-3)15-13(6-9-21-15)19-8-5-7-18-19/h5,7-8,10,13,15H,4,6,9H2,1-3H3/t13-,15+/m0/s1. The molecule has 21 heavy (non-hydrogen) atoms. The van der Waals surface area contributed by atoms with E-state index in [1.807, 2.05) is 29.3 Å². The summed E-state index contributed by atoms with van der Waals surface area (Å²) in [5.74, 6) is 0.702. The first-order valence-corrected chi connectivity index (χ1v) is 7.39. The predicted octanol–water partition coefficient (Wildman–Crippen LogP) is 2.86. The van der Waals surface area contributed by atoms with E-state index in [-0.39, 0.29) is 12.1 Å². The molecule has 112 valence electrons. The number of hydrogen-bond acceptors (Lipinski definition) is 4. The predicted molar refractivity (Wildman–Crippen MR) is 79.5 cm³/mol. The Balaban J connectivity index is 2.06. The average molecular weight is 287 g/mol. The molecule has 0 aliphatic carbocycles. The van der Waals surface area contributed by atoms with Crippen molar-refractivity contribution >= 4 is 0 Å². The Bertz CT molecular complexity index is 610. The maximum atomic E-state index is 6.05. The van der Waals surface area contributed by atoms with Crippen LogP contribution in [0.2, 0.25) is 0 Å². The Morgan fingerprint density at radius 3 is 3.00 bits per heavy atom. The zero-order valence-electron chi connectivity index (χ0n) is 12.7. The summed E-state index contributed by atoms with van der Waals surface area (Å²) in [5, 5.41) is 4.39. The number of pyridine rings is 1.